The van der Waals surface area contributed by atoms with Gasteiger partial charge in [-0.3, -0.25) is 4.79 Å². The van der Waals surface area contributed by atoms with E-state index in [0.29, 0.717) is 6.42 Å². The van der Waals surface area contributed by atoms with Gasteiger partial charge in [-0.05, 0) is 37.6 Å². The highest BCUT2D eigenvalue weighted by molar-refractivity contribution is 9.10. The van der Waals surface area contributed by atoms with Crippen LogP contribution in [0.3, 0.4) is 0 Å². The predicted molar refractivity (Wildman–Crippen MR) is 73.8 cm³/mol. The molecule has 0 unspecified atom stereocenters. The van der Waals surface area contributed by atoms with Crippen molar-refractivity contribution in [3.63, 3.8) is 0 Å². The first-order valence-electron chi connectivity index (χ1n) is 5.26. The van der Waals surface area contributed by atoms with Crippen LogP contribution in [0.4, 0.5) is 0 Å². The minimum Gasteiger partial charge on any atom is -0.294 e. The highest BCUT2D eigenvalue weighted by Crippen LogP contribution is 2.18. The van der Waals surface area contributed by atoms with Gasteiger partial charge in [-0.25, -0.2) is 4.98 Å². The smallest absolute Gasteiger partial charge is 0.169 e. The van der Waals surface area contributed by atoms with Crippen LogP contribution in [0.25, 0.3) is 0 Å². The molecule has 0 N–H and O–H groups in total. The third-order valence-corrected chi connectivity index (χ3v) is 3.77. The Kier molecular flexibility index (Phi) is 3.74. The molecule has 4 heteroatoms. The molecule has 1 aromatic carbocycles. The first kappa shape index (κ1) is 12.5. The Morgan fingerprint density at radius 1 is 1.35 bits per heavy atom. The average Bonchev–Trinajstić information content (AvgIpc) is 2.62. The summed E-state index contributed by atoms with van der Waals surface area (Å²) in [4.78, 5) is 16.4. The molecule has 17 heavy (non-hydrogen) atoms. The van der Waals surface area contributed by atoms with Gasteiger partial charge in [0.2, 0.25) is 0 Å². The lowest BCUT2D eigenvalue weighted by atomic mass is 10.1. The number of carbonyl (C=O) groups excluding carboxylic acids is 1. The number of Topliss-reactive ketones (excluding diaryl/α,β-unsaturated/α-hetero) is 1. The van der Waals surface area contributed by atoms with Crippen molar-refractivity contribution in [3.8, 4) is 0 Å². The number of rotatable bonds is 3. The van der Waals surface area contributed by atoms with Gasteiger partial charge in [-0.15, -0.1) is 11.3 Å². The molecule has 1 heterocycles. The van der Waals surface area contributed by atoms with Crippen LogP contribution in [0.15, 0.2) is 28.1 Å². The highest BCUT2D eigenvalue weighted by atomic mass is 79.9. The molecule has 0 spiro atoms. The molecule has 0 aliphatic heterocycles. The number of hydrogen-bond acceptors (Lipinski definition) is 3. The predicted octanol–water partition coefficient (Wildman–Crippen LogP) is 3.95. The summed E-state index contributed by atoms with van der Waals surface area (Å²) < 4.78 is 0.941. The largest absolute Gasteiger partial charge is 0.294 e. The van der Waals surface area contributed by atoms with E-state index in [1.165, 1.54) is 11.3 Å². The minimum atomic E-state index is 0.115. The zero-order chi connectivity index (χ0) is 12.4. The van der Waals surface area contributed by atoms with Crippen molar-refractivity contribution in [1.29, 1.82) is 0 Å². The second-order valence-electron chi connectivity index (χ2n) is 4.00. The number of aryl methyl sites for hydroxylation is 2. The molecule has 0 radical (unpaired) electrons. The Morgan fingerprint density at radius 2 is 2.12 bits per heavy atom. The Bertz CT molecular complexity index is 542. The summed E-state index contributed by atoms with van der Waals surface area (Å²) in [5.74, 6) is 0.115. The fourth-order valence-electron chi connectivity index (χ4n) is 1.62. The first-order chi connectivity index (χ1) is 8.04. The van der Waals surface area contributed by atoms with Crippen LogP contribution in [0.2, 0.25) is 0 Å². The lowest BCUT2D eigenvalue weighted by Gasteiger charge is -2.02. The molecular weight excluding hydrogens is 298 g/mol. The first-order valence-corrected chi connectivity index (χ1v) is 6.93. The Morgan fingerprint density at radius 3 is 2.71 bits per heavy atom. The van der Waals surface area contributed by atoms with E-state index in [1.54, 1.807) is 0 Å². The van der Waals surface area contributed by atoms with Crippen LogP contribution in [-0.4, -0.2) is 10.8 Å². The third-order valence-electron chi connectivity index (χ3n) is 2.34. The second-order valence-corrected chi connectivity index (χ2v) is 5.86. The molecule has 2 nitrogen and oxygen atoms in total. The molecule has 0 amide bonds. The molecule has 0 saturated carbocycles. The molecule has 2 aromatic rings. The van der Waals surface area contributed by atoms with Gasteiger partial charge in [-0.1, -0.05) is 15.9 Å². The lowest BCUT2D eigenvalue weighted by Crippen LogP contribution is -2.03. The Hall–Kier alpha value is -1.00. The third kappa shape index (κ3) is 3.23. The maximum Gasteiger partial charge on any atom is 0.169 e. The van der Waals surface area contributed by atoms with Gasteiger partial charge in [0, 0.05) is 21.1 Å². The van der Waals surface area contributed by atoms with Crippen molar-refractivity contribution in [2.75, 3.05) is 0 Å². The second kappa shape index (κ2) is 5.10. The van der Waals surface area contributed by atoms with Crippen molar-refractivity contribution in [1.82, 2.24) is 4.98 Å². The Labute approximate surface area is 113 Å². The molecule has 0 aliphatic rings. The van der Waals surface area contributed by atoms with E-state index < -0.39 is 0 Å². The lowest BCUT2D eigenvalue weighted by molar-refractivity contribution is 0.0993. The van der Waals surface area contributed by atoms with Crippen LogP contribution in [0.1, 0.15) is 26.6 Å². The number of thiazole rings is 1. The summed E-state index contributed by atoms with van der Waals surface area (Å²) in [7, 11) is 0. The number of nitrogens with zero attached hydrogens (tertiary/aromatic N) is 1. The quantitative estimate of drug-likeness (QED) is 0.804. The molecule has 0 fully saturated rings. The van der Waals surface area contributed by atoms with E-state index in [-0.39, 0.29) is 5.78 Å². The molecule has 0 saturated heterocycles. The van der Waals surface area contributed by atoms with Gasteiger partial charge in [0.05, 0.1) is 6.42 Å². The molecule has 2 rings (SSSR count). The number of aromatic nitrogens is 1. The van der Waals surface area contributed by atoms with Crippen LogP contribution in [-0.2, 0) is 6.42 Å². The van der Waals surface area contributed by atoms with Gasteiger partial charge in [0.25, 0.3) is 0 Å². The van der Waals surface area contributed by atoms with Gasteiger partial charge in [0.15, 0.2) is 5.78 Å². The maximum atomic E-state index is 12.1. The maximum absolute atomic E-state index is 12.1. The zero-order valence-electron chi connectivity index (χ0n) is 9.66. The Balaban J connectivity index is 2.19. The van der Waals surface area contributed by atoms with E-state index >= 15 is 0 Å². The number of ketones is 1. The summed E-state index contributed by atoms with van der Waals surface area (Å²) >= 11 is 4.94. The van der Waals surface area contributed by atoms with E-state index in [2.05, 4.69) is 20.9 Å². The fourth-order valence-corrected chi connectivity index (χ4v) is 3.00. The van der Waals surface area contributed by atoms with Crippen LogP contribution < -0.4 is 0 Å². The summed E-state index contributed by atoms with van der Waals surface area (Å²) in [5.41, 5.74) is 2.80. The van der Waals surface area contributed by atoms with E-state index in [1.807, 2.05) is 37.4 Å². The molecule has 88 valence electrons. The summed E-state index contributed by atoms with van der Waals surface area (Å²) in [6.07, 6.45) is 0.383. The van der Waals surface area contributed by atoms with E-state index in [9.17, 15) is 4.79 Å². The van der Waals surface area contributed by atoms with Crippen molar-refractivity contribution in [3.05, 3.63) is 49.9 Å². The SMILES string of the molecule is Cc1cc(Br)cc(C(=O)Cc2nc(C)cs2)c1. The van der Waals surface area contributed by atoms with Gasteiger partial charge < -0.3 is 0 Å². The van der Waals surface area contributed by atoms with E-state index in [4.69, 9.17) is 0 Å². The standard InChI is InChI=1S/C13H12BrNOS/c1-8-3-10(5-11(14)4-8)12(16)6-13-15-9(2)7-17-13/h3-5,7H,6H2,1-2H3. The van der Waals surface area contributed by atoms with Crippen molar-refractivity contribution in [2.24, 2.45) is 0 Å². The topological polar surface area (TPSA) is 30.0 Å². The van der Waals surface area contributed by atoms with Gasteiger partial charge in [0.1, 0.15) is 5.01 Å². The van der Waals surface area contributed by atoms with Gasteiger partial charge in [-0.2, -0.15) is 0 Å². The number of carbonyl (C=O) groups is 1. The van der Waals surface area contributed by atoms with Crippen molar-refractivity contribution < 1.29 is 4.79 Å². The molecular formula is C13H12BrNOS. The minimum absolute atomic E-state index is 0.115. The molecule has 0 atom stereocenters. The van der Waals surface area contributed by atoms with Crippen molar-refractivity contribution >= 4 is 33.0 Å². The summed E-state index contributed by atoms with van der Waals surface area (Å²) in [5, 5.41) is 2.85. The molecule has 0 bridgehead atoms. The van der Waals surface area contributed by atoms with Crippen LogP contribution >= 0.6 is 27.3 Å². The monoisotopic (exact) mass is 309 g/mol. The van der Waals surface area contributed by atoms with E-state index in [0.717, 1.165) is 26.3 Å². The van der Waals surface area contributed by atoms with Crippen LogP contribution in [0, 0.1) is 13.8 Å². The summed E-state index contributed by atoms with van der Waals surface area (Å²) in [6.45, 7) is 3.92. The molecule has 0 aliphatic carbocycles. The van der Waals surface area contributed by atoms with Crippen molar-refractivity contribution in [2.45, 2.75) is 20.3 Å². The average molecular weight is 310 g/mol. The molecule has 1 aromatic heterocycles. The summed E-state index contributed by atoms with van der Waals surface area (Å²) in [6, 6.07) is 5.76. The van der Waals surface area contributed by atoms with Crippen LogP contribution in [0.5, 0.6) is 0 Å². The zero-order valence-corrected chi connectivity index (χ0v) is 12.1. The number of halogens is 1. The highest BCUT2D eigenvalue weighted by Gasteiger charge is 2.10. The number of hydrogen-bond donors (Lipinski definition) is 0. The van der Waals surface area contributed by atoms with Gasteiger partial charge >= 0.3 is 0 Å². The fraction of sp³-hybridized carbons (Fsp3) is 0.231. The normalized spacial score (nSPS) is 10.5. The number of benzene rings is 1.